The van der Waals surface area contributed by atoms with Gasteiger partial charge in [-0.15, -0.1) is 0 Å². The lowest BCUT2D eigenvalue weighted by molar-refractivity contribution is -0.139. The molecule has 0 aliphatic carbocycles. The number of halogens is 24. The van der Waals surface area contributed by atoms with Crippen LogP contribution in [0.1, 0.15) is 191 Å². The van der Waals surface area contributed by atoms with Gasteiger partial charge >= 0.3 is 18.5 Å². The predicted octanol–water partition coefficient (Wildman–Crippen LogP) is 33.0. The normalized spacial score (nSPS) is 10.9. The van der Waals surface area contributed by atoms with Crippen LogP contribution in [-0.2, 0) is 18.5 Å². The van der Waals surface area contributed by atoms with Gasteiger partial charge in [0.25, 0.3) is 0 Å². The Morgan fingerprint density at radius 2 is 0.817 bits per heavy atom. The summed E-state index contributed by atoms with van der Waals surface area (Å²) in [6, 6.07) is 38.5. The number of hydrogen-bond acceptors (Lipinski definition) is 3. The molecule has 10 rings (SSSR count). The summed E-state index contributed by atoms with van der Waals surface area (Å²) >= 11 is 46.1. The van der Waals surface area contributed by atoms with E-state index in [4.69, 9.17) is 81.2 Å². The maximum atomic E-state index is 12.9. The molecule has 0 saturated carbocycles. The van der Waals surface area contributed by atoms with Gasteiger partial charge in [-0.05, 0) is 245 Å². The molecule has 594 valence electrons. The van der Waals surface area contributed by atoms with E-state index in [1.807, 2.05) is 119 Å². The monoisotopic (exact) mass is 1800 g/mol. The summed E-state index contributed by atoms with van der Waals surface area (Å²) in [4.78, 5) is 11.7. The van der Waals surface area contributed by atoms with Crippen LogP contribution in [-0.4, -0.2) is 15.0 Å². The Balaban J connectivity index is 0.000000607. The highest BCUT2D eigenvalue weighted by molar-refractivity contribution is 9.11. The Morgan fingerprint density at radius 3 is 1.21 bits per heavy atom. The van der Waals surface area contributed by atoms with E-state index in [0.717, 1.165) is 97.2 Å². The van der Waals surface area contributed by atoms with Gasteiger partial charge in [-0.3, -0.25) is 9.97 Å². The molecule has 3 nitrogen and oxygen atoms in total. The smallest absolute Gasteiger partial charge is 0.262 e. The Morgan fingerprint density at radius 1 is 0.349 bits per heavy atom. The third-order valence-corrected chi connectivity index (χ3v) is 18.1. The molecule has 0 radical (unpaired) electrons. The van der Waals surface area contributed by atoms with Gasteiger partial charge in [0.05, 0.1) is 46.9 Å². The van der Waals surface area contributed by atoms with E-state index < -0.39 is 58.5 Å². The van der Waals surface area contributed by atoms with Gasteiger partial charge in [-0.25, -0.2) is 31.3 Å². The molecule has 7 aromatic carbocycles. The second-order valence-corrected chi connectivity index (χ2v) is 30.1. The summed E-state index contributed by atoms with van der Waals surface area (Å²) in [6.45, 7) is 30.1. The molecule has 0 atom stereocenters. The molecule has 10 aromatic rings. The van der Waals surface area contributed by atoms with Gasteiger partial charge in [0, 0.05) is 39.7 Å². The van der Waals surface area contributed by atoms with Crippen molar-refractivity contribution < 1.29 is 65.9 Å². The summed E-state index contributed by atoms with van der Waals surface area (Å²) < 4.78 is 187. The van der Waals surface area contributed by atoms with Crippen LogP contribution in [0, 0.1) is 62.6 Å². The van der Waals surface area contributed by atoms with Crippen molar-refractivity contribution >= 4 is 113 Å². The molecular formula is C82H83Br2Cl7F15N3. The van der Waals surface area contributed by atoms with Gasteiger partial charge in [0.1, 0.15) is 45.2 Å². The highest BCUT2D eigenvalue weighted by Gasteiger charge is 2.34. The number of benzene rings is 7. The van der Waals surface area contributed by atoms with E-state index in [9.17, 15) is 65.9 Å². The van der Waals surface area contributed by atoms with Crippen molar-refractivity contribution in [3.63, 3.8) is 0 Å². The molecule has 0 aliphatic rings. The number of alkyl halides is 9. The maximum Gasteiger partial charge on any atom is 0.416 e. The molecule has 0 spiro atoms. The fourth-order valence-corrected chi connectivity index (χ4v) is 11.1. The Labute approximate surface area is 681 Å². The van der Waals surface area contributed by atoms with Crippen molar-refractivity contribution in [2.75, 3.05) is 0 Å². The van der Waals surface area contributed by atoms with Crippen molar-refractivity contribution in [2.45, 2.75) is 165 Å². The molecule has 0 N–H and O–H groups in total. The van der Waals surface area contributed by atoms with Crippen molar-refractivity contribution in [3.8, 4) is 0 Å². The van der Waals surface area contributed by atoms with E-state index >= 15 is 0 Å². The highest BCUT2D eigenvalue weighted by Crippen LogP contribution is 2.37. The van der Waals surface area contributed by atoms with Crippen LogP contribution in [0.5, 0.6) is 0 Å². The molecule has 0 amide bonds. The van der Waals surface area contributed by atoms with Gasteiger partial charge in [-0.2, -0.15) is 39.5 Å². The van der Waals surface area contributed by atoms with Gasteiger partial charge < -0.3 is 0 Å². The van der Waals surface area contributed by atoms with E-state index in [-0.39, 0.29) is 46.2 Å². The molecule has 3 heterocycles. The SMILES string of the molecule is CC(C)c1cc(Cl)nc(Cl)c1.CC(C)c1cc(F)cc(F)c1.CC(C)c1cc(F)cc(F)c1Cl.CC(C)c1cc(F)ccc1F.CC(C)c1ccc(C(F)(F)F)cc1.CC(C)c1ccccc1C(F)(F)F.Cc1cc(Br)cc(C(F)(F)F)c1.Cc1cc(Cl)c(Br)c(Cl)c1.Cc1cc(Cl)ccn1.Cc1ncccc1Cl. The zero-order valence-corrected chi connectivity index (χ0v) is 70.6. The lowest BCUT2D eigenvalue weighted by atomic mass is 9.97. The molecule has 27 heteroatoms. The summed E-state index contributed by atoms with van der Waals surface area (Å²) in [6.07, 6.45) is -9.30. The fraction of sp³-hybridized carbons (Fsp3) is 0.305. The molecule has 109 heavy (non-hydrogen) atoms. The van der Waals surface area contributed by atoms with Crippen LogP contribution in [0.15, 0.2) is 185 Å². The molecule has 0 fully saturated rings. The molecule has 0 aliphatic heterocycles. The highest BCUT2D eigenvalue weighted by atomic mass is 79.9. The van der Waals surface area contributed by atoms with E-state index in [0.29, 0.717) is 58.6 Å². The maximum absolute atomic E-state index is 12.9. The average molecular weight is 1800 g/mol. The number of aromatic nitrogens is 3. The fourth-order valence-electron chi connectivity index (χ4n) is 8.55. The number of hydrogen-bond donors (Lipinski definition) is 0. The van der Waals surface area contributed by atoms with Gasteiger partial charge in [0.15, 0.2) is 0 Å². The minimum Gasteiger partial charge on any atom is -0.262 e. The standard InChI is InChI=1S/2C10H11F3.C9H9ClF2.2C9H10F2.C8H6BrF3.C8H9Cl2N.C7H5BrCl2.2C6H6ClN/c1-7(2)8-3-5-9(6-4-8)10(11,12)13;1-7(2)8-5-3-4-6-9(8)10(11,12)13;1-5(2)7-3-6(11)4-8(12)9(7)10;1-6(2)7-3-8(10)5-9(11)4-7;1-6(2)8-5-7(10)3-4-9(8)11;1-5-2-6(8(10,11)12)4-7(9)3-5;1-5(2)6-3-7(9)11-8(10)4-6;1-4-2-5(9)7(8)6(10)3-4;1-5-4-6(7)2-3-8-5;1-5-6(7)3-2-4-8-5/h2*3-7H,1-2H3;3-5H,1-2H3;2*3-6H,1-2H3;2-4H,1H3;3-5H,1-2H3;2-3H,1H3;2*2-4H,1H3. The van der Waals surface area contributed by atoms with Crippen molar-refractivity contribution in [1.29, 1.82) is 0 Å². The first-order valence-corrected chi connectivity index (χ1v) is 37.3. The van der Waals surface area contributed by atoms with Crippen LogP contribution < -0.4 is 0 Å². The Bertz CT molecular complexity index is 4230. The first-order chi connectivity index (χ1) is 50.2. The van der Waals surface area contributed by atoms with Crippen LogP contribution in [0.4, 0.5) is 65.9 Å². The second-order valence-electron chi connectivity index (χ2n) is 25.6. The first kappa shape index (κ1) is 101. The van der Waals surface area contributed by atoms with Crippen molar-refractivity contribution in [3.05, 3.63) is 328 Å². The zero-order valence-electron chi connectivity index (χ0n) is 62.1. The molecule has 0 saturated heterocycles. The van der Waals surface area contributed by atoms with Gasteiger partial charge in [-0.1, -0.05) is 211 Å². The Hall–Kier alpha value is -6.07. The van der Waals surface area contributed by atoms with Gasteiger partial charge in [0.2, 0.25) is 0 Å². The topological polar surface area (TPSA) is 38.7 Å². The lowest BCUT2D eigenvalue weighted by Crippen LogP contribution is -2.09. The van der Waals surface area contributed by atoms with E-state index in [1.54, 1.807) is 51.4 Å². The van der Waals surface area contributed by atoms with Crippen molar-refractivity contribution in [2.24, 2.45) is 0 Å². The lowest BCUT2D eigenvalue weighted by Gasteiger charge is -2.14. The predicted molar refractivity (Wildman–Crippen MR) is 427 cm³/mol. The Kier molecular flexibility index (Phi) is 45.2. The summed E-state index contributed by atoms with van der Waals surface area (Å²) in [5.74, 6) is -2.17. The number of aryl methyl sites for hydroxylation is 4. The molecule has 3 aromatic heterocycles. The minimum absolute atomic E-state index is 0.0198. The van der Waals surface area contributed by atoms with Crippen LogP contribution in [0.25, 0.3) is 0 Å². The molecule has 0 bridgehead atoms. The van der Waals surface area contributed by atoms with E-state index in [1.165, 1.54) is 48.5 Å². The quantitative estimate of drug-likeness (QED) is 0.0721. The molecule has 0 unspecified atom stereocenters. The van der Waals surface area contributed by atoms with Crippen LogP contribution in [0.3, 0.4) is 0 Å². The first-order valence-electron chi connectivity index (χ1n) is 33.1. The summed E-state index contributed by atoms with van der Waals surface area (Å²) in [5.41, 5.74) is 5.82. The third-order valence-electron chi connectivity index (χ3n) is 14.3. The molecular weight excluding hydrogens is 1720 g/mol. The average Bonchev–Trinajstić information content (AvgIpc) is 0.938. The second kappa shape index (κ2) is 48.8. The third kappa shape index (κ3) is 40.3. The van der Waals surface area contributed by atoms with E-state index in [2.05, 4.69) is 60.7 Å². The number of nitrogens with zero attached hydrogens (tertiary/aromatic N) is 3. The van der Waals surface area contributed by atoms with Crippen LogP contribution >= 0.6 is 113 Å². The zero-order chi connectivity index (χ0) is 83.8. The number of rotatable bonds is 6. The van der Waals surface area contributed by atoms with Crippen molar-refractivity contribution in [1.82, 2.24) is 15.0 Å². The van der Waals surface area contributed by atoms with Crippen LogP contribution in [0.2, 0.25) is 35.4 Å². The summed E-state index contributed by atoms with van der Waals surface area (Å²) in [5, 5.41) is 3.73. The largest absolute Gasteiger partial charge is 0.416 e. The summed E-state index contributed by atoms with van der Waals surface area (Å²) in [7, 11) is 0. The number of pyridine rings is 3. The minimum atomic E-state index is -4.26.